The third kappa shape index (κ3) is 19.2. The summed E-state index contributed by atoms with van der Waals surface area (Å²) in [7, 11) is -5.04. The Kier molecular flexibility index (Phi) is 25.2. The fourth-order valence-electron chi connectivity index (χ4n) is 4.39. The summed E-state index contributed by atoms with van der Waals surface area (Å²) >= 11 is 0. The number of allylic oxidation sites excluding steroid dienone is 2. The van der Waals surface area contributed by atoms with E-state index in [1.807, 2.05) is 0 Å². The second kappa shape index (κ2) is 25.7. The number of unbranched alkanes of at least 4 members (excludes halogenated alkanes) is 16. The van der Waals surface area contributed by atoms with Crippen LogP contribution in [0.25, 0.3) is 0 Å². The SMILES string of the molecule is CCCCCCCCCC/C=C/OC(=O)c1cccc(S(=O)(=O)[O-])c1C(=O)O/C=C/CCCCCCCCCC.[K+]. The van der Waals surface area contributed by atoms with Gasteiger partial charge in [-0.05, 0) is 50.0 Å². The van der Waals surface area contributed by atoms with Gasteiger partial charge >= 0.3 is 63.3 Å². The normalized spacial score (nSPS) is 11.6. The molecular formula is C32H49KO7S. The van der Waals surface area contributed by atoms with Gasteiger partial charge in [-0.3, -0.25) is 0 Å². The number of carbonyl (C=O) groups excluding carboxylic acids is 2. The molecule has 0 aromatic heterocycles. The van der Waals surface area contributed by atoms with E-state index in [0.717, 1.165) is 44.6 Å². The number of hydrogen-bond donors (Lipinski definition) is 0. The Bertz CT molecular complexity index is 1020. The van der Waals surface area contributed by atoms with Crippen LogP contribution in [0.4, 0.5) is 0 Å². The van der Waals surface area contributed by atoms with E-state index in [2.05, 4.69) is 13.8 Å². The first-order valence-electron chi connectivity index (χ1n) is 15.1. The molecule has 1 rings (SSSR count). The van der Waals surface area contributed by atoms with Crippen molar-refractivity contribution in [2.45, 2.75) is 134 Å². The number of esters is 2. The summed E-state index contributed by atoms with van der Waals surface area (Å²) in [6.45, 7) is 4.40. The smallest absolute Gasteiger partial charge is 0.744 e. The van der Waals surface area contributed by atoms with Crippen LogP contribution in [-0.2, 0) is 19.6 Å². The molecule has 7 nitrogen and oxygen atoms in total. The number of ether oxygens (including phenoxy) is 2. The first-order chi connectivity index (χ1) is 19.3. The molecule has 0 N–H and O–H groups in total. The van der Waals surface area contributed by atoms with Crippen molar-refractivity contribution in [1.82, 2.24) is 0 Å². The predicted molar refractivity (Wildman–Crippen MR) is 158 cm³/mol. The minimum Gasteiger partial charge on any atom is -0.744 e. The fourth-order valence-corrected chi connectivity index (χ4v) is 5.08. The van der Waals surface area contributed by atoms with E-state index in [-0.39, 0.29) is 56.9 Å². The summed E-state index contributed by atoms with van der Waals surface area (Å²) in [5.74, 6) is -2.04. The molecule has 0 saturated carbocycles. The van der Waals surface area contributed by atoms with Crippen LogP contribution < -0.4 is 51.4 Å². The van der Waals surface area contributed by atoms with Crippen molar-refractivity contribution in [1.29, 1.82) is 0 Å². The number of rotatable bonds is 23. The maximum absolute atomic E-state index is 12.8. The second-order valence-corrected chi connectivity index (χ2v) is 11.6. The Hall–Kier alpha value is -0.814. The van der Waals surface area contributed by atoms with Gasteiger partial charge in [0.15, 0.2) is 0 Å². The standard InChI is InChI=1S/C32H50O7S.K/c1-3-5-7-9-11-13-15-17-19-21-26-38-31(33)28-24-23-25-29(40(35,36)37)30(28)32(34)39-27-22-20-18-16-14-12-10-8-6-4-2;/h21-27H,3-20H2,1-2H3,(H,35,36,37);/q;+1/p-1/b26-21+,27-22+;. The topological polar surface area (TPSA) is 110 Å². The monoisotopic (exact) mass is 616 g/mol. The van der Waals surface area contributed by atoms with Gasteiger partial charge in [0.2, 0.25) is 0 Å². The van der Waals surface area contributed by atoms with Crippen LogP contribution in [0.3, 0.4) is 0 Å². The van der Waals surface area contributed by atoms with E-state index < -0.39 is 32.5 Å². The van der Waals surface area contributed by atoms with Crippen LogP contribution in [0.1, 0.15) is 150 Å². The molecule has 1 aromatic rings. The number of benzene rings is 1. The molecule has 0 aliphatic rings. The first-order valence-corrected chi connectivity index (χ1v) is 16.5. The summed E-state index contributed by atoms with van der Waals surface area (Å²) in [6, 6.07) is 3.45. The largest absolute Gasteiger partial charge is 1.00 e. The molecule has 41 heavy (non-hydrogen) atoms. The van der Waals surface area contributed by atoms with Crippen molar-refractivity contribution in [3.8, 4) is 0 Å². The molecular weight excluding hydrogens is 568 g/mol. The summed E-state index contributed by atoms with van der Waals surface area (Å²) in [5, 5.41) is 0. The molecule has 9 heteroatoms. The molecule has 0 aliphatic heterocycles. The van der Waals surface area contributed by atoms with Gasteiger partial charge in [-0.2, -0.15) is 0 Å². The van der Waals surface area contributed by atoms with Gasteiger partial charge in [-0.1, -0.05) is 110 Å². The molecule has 0 amide bonds. The van der Waals surface area contributed by atoms with Crippen LogP contribution in [0.2, 0.25) is 0 Å². The molecule has 1 aromatic carbocycles. The summed E-state index contributed by atoms with van der Waals surface area (Å²) in [4.78, 5) is 24.6. The van der Waals surface area contributed by atoms with Gasteiger partial charge in [-0.25, -0.2) is 18.0 Å². The van der Waals surface area contributed by atoms with E-state index in [1.54, 1.807) is 12.2 Å². The minimum absolute atomic E-state index is 0. The van der Waals surface area contributed by atoms with Gasteiger partial charge in [-0.15, -0.1) is 0 Å². The maximum Gasteiger partial charge on any atom is 1.00 e. The van der Waals surface area contributed by atoms with Crippen molar-refractivity contribution in [3.63, 3.8) is 0 Å². The Balaban J connectivity index is 0.0000160. The predicted octanol–water partition coefficient (Wildman–Crippen LogP) is 6.00. The number of hydrogen-bond acceptors (Lipinski definition) is 7. The Morgan fingerprint density at radius 2 is 1.10 bits per heavy atom. The van der Waals surface area contributed by atoms with Gasteiger partial charge in [0.1, 0.15) is 10.1 Å². The van der Waals surface area contributed by atoms with Gasteiger partial charge < -0.3 is 14.0 Å². The molecule has 0 heterocycles. The quantitative estimate of drug-likeness (QED) is 0.0488. The van der Waals surface area contributed by atoms with E-state index in [1.165, 1.54) is 95.3 Å². The summed E-state index contributed by atoms with van der Waals surface area (Å²) < 4.78 is 45.6. The minimum atomic E-state index is -5.04. The van der Waals surface area contributed by atoms with Gasteiger partial charge in [0.05, 0.1) is 28.5 Å². The second-order valence-electron chi connectivity index (χ2n) is 10.2. The zero-order valence-electron chi connectivity index (χ0n) is 25.5. The average Bonchev–Trinajstić information content (AvgIpc) is 2.93. The summed E-state index contributed by atoms with van der Waals surface area (Å²) in [5.41, 5.74) is -0.953. The van der Waals surface area contributed by atoms with Crippen LogP contribution in [0.15, 0.2) is 47.8 Å². The zero-order valence-corrected chi connectivity index (χ0v) is 29.5. The Morgan fingerprint density at radius 1 is 0.683 bits per heavy atom. The molecule has 0 bridgehead atoms. The van der Waals surface area contributed by atoms with Crippen LogP contribution in [0, 0.1) is 0 Å². The van der Waals surface area contributed by atoms with Crippen LogP contribution in [-0.4, -0.2) is 24.9 Å². The molecule has 0 atom stereocenters. The third-order valence-corrected chi connectivity index (χ3v) is 7.59. The van der Waals surface area contributed by atoms with Crippen LogP contribution >= 0.6 is 0 Å². The average molecular weight is 617 g/mol. The van der Waals surface area contributed by atoms with Gasteiger partial charge in [0, 0.05) is 0 Å². The Morgan fingerprint density at radius 3 is 1.54 bits per heavy atom. The zero-order chi connectivity index (χ0) is 29.5. The van der Waals surface area contributed by atoms with E-state index in [9.17, 15) is 22.6 Å². The molecule has 0 spiro atoms. The Labute approximate surface area is 291 Å². The van der Waals surface area contributed by atoms with Crippen LogP contribution in [0.5, 0.6) is 0 Å². The fraction of sp³-hybridized carbons (Fsp3) is 0.625. The third-order valence-electron chi connectivity index (χ3n) is 6.71. The van der Waals surface area contributed by atoms with E-state index in [4.69, 9.17) is 9.47 Å². The molecule has 0 aliphatic carbocycles. The molecule has 0 saturated heterocycles. The molecule has 0 radical (unpaired) electrons. The van der Waals surface area contributed by atoms with Gasteiger partial charge in [0.25, 0.3) is 0 Å². The summed E-state index contributed by atoms with van der Waals surface area (Å²) in [6.07, 6.45) is 26.2. The van der Waals surface area contributed by atoms with Crippen molar-refractivity contribution in [3.05, 3.63) is 54.0 Å². The van der Waals surface area contributed by atoms with Crippen molar-refractivity contribution >= 4 is 22.1 Å². The van der Waals surface area contributed by atoms with Crippen molar-refractivity contribution < 1.29 is 83.4 Å². The van der Waals surface area contributed by atoms with E-state index in [0.29, 0.717) is 6.42 Å². The van der Waals surface area contributed by atoms with Crippen molar-refractivity contribution in [2.24, 2.45) is 0 Å². The molecule has 0 fully saturated rings. The first kappa shape index (κ1) is 40.2. The maximum atomic E-state index is 12.8. The van der Waals surface area contributed by atoms with E-state index >= 15 is 0 Å². The number of carbonyl (C=O) groups is 2. The van der Waals surface area contributed by atoms with Crippen molar-refractivity contribution in [2.75, 3.05) is 0 Å². The molecule has 0 unspecified atom stereocenters. The molecule has 226 valence electrons.